The fourth-order valence-electron chi connectivity index (χ4n) is 12.1. The first-order valence-corrected chi connectivity index (χ1v) is 22.6. The van der Waals surface area contributed by atoms with Crippen LogP contribution in [0.3, 0.4) is 0 Å². The van der Waals surface area contributed by atoms with Gasteiger partial charge in [0, 0.05) is 14.1 Å². The highest BCUT2D eigenvalue weighted by Crippen LogP contribution is 2.65. The van der Waals surface area contributed by atoms with E-state index in [0.29, 0.717) is 0 Å². The summed E-state index contributed by atoms with van der Waals surface area (Å²) in [6, 6.07) is 68.9. The largest absolute Gasteiger partial charge is 0.331 e. The molecule has 306 valence electrons. The van der Waals surface area contributed by atoms with Crippen LogP contribution in [0.15, 0.2) is 182 Å². The second-order valence-corrected chi connectivity index (χ2v) is 18.2. The molecule has 1 atom stereocenters. The Balaban J connectivity index is 1.12. The third kappa shape index (κ3) is 4.70. The lowest BCUT2D eigenvalue weighted by Crippen LogP contribution is -2.25. The van der Waals surface area contributed by atoms with E-state index in [1.54, 1.807) is 0 Å². The second-order valence-electron chi connectivity index (χ2n) is 18.2. The molecule has 0 N–H and O–H groups in total. The predicted molar refractivity (Wildman–Crippen MR) is 270 cm³/mol. The van der Waals surface area contributed by atoms with Gasteiger partial charge in [0.15, 0.2) is 0 Å². The molecule has 0 aliphatic heterocycles. The van der Waals surface area contributed by atoms with Crippen LogP contribution in [0.2, 0.25) is 0 Å². The van der Waals surface area contributed by atoms with E-state index in [-0.39, 0.29) is 0 Å². The first-order valence-electron chi connectivity index (χ1n) is 22.6. The molecule has 2 aromatic heterocycles. The summed E-state index contributed by atoms with van der Waals surface area (Å²) in [5.41, 5.74) is 21.7. The van der Waals surface area contributed by atoms with Crippen LogP contribution in [0.5, 0.6) is 0 Å². The maximum Gasteiger partial charge on any atom is 0.106 e. The summed E-state index contributed by atoms with van der Waals surface area (Å²) in [5, 5.41) is 7.48. The molecule has 0 bridgehead atoms. The van der Waals surface area contributed by atoms with E-state index in [1.807, 2.05) is 0 Å². The van der Waals surface area contributed by atoms with Crippen LogP contribution in [0.4, 0.5) is 0 Å². The number of hydrogen-bond donors (Lipinski definition) is 0. The number of aromatic nitrogens is 4. The van der Waals surface area contributed by atoms with Crippen LogP contribution < -0.4 is 0 Å². The minimum atomic E-state index is -0.484. The molecular weight excluding hydrogens is 789 g/mol. The van der Waals surface area contributed by atoms with Gasteiger partial charge in [0.2, 0.25) is 0 Å². The van der Waals surface area contributed by atoms with E-state index >= 15 is 0 Å². The van der Waals surface area contributed by atoms with E-state index in [2.05, 4.69) is 219 Å². The van der Waals surface area contributed by atoms with Crippen molar-refractivity contribution in [3.63, 3.8) is 0 Å². The Bertz CT molecular complexity index is 3920. The minimum absolute atomic E-state index is 0.484. The molecular formula is C61H42N4. The van der Waals surface area contributed by atoms with Crippen molar-refractivity contribution >= 4 is 54.4 Å². The molecule has 0 amide bonds. The third-order valence-electron chi connectivity index (χ3n) is 15.1. The molecule has 0 radical (unpaired) electrons. The summed E-state index contributed by atoms with van der Waals surface area (Å²) in [4.78, 5) is 9.72. The molecule has 4 nitrogen and oxygen atoms in total. The van der Waals surface area contributed by atoms with Gasteiger partial charge in [-0.2, -0.15) is 0 Å². The van der Waals surface area contributed by atoms with Gasteiger partial charge >= 0.3 is 0 Å². The molecule has 1 spiro atoms. The van der Waals surface area contributed by atoms with Crippen LogP contribution in [0, 0.1) is 13.8 Å². The number of imidazole rings is 2. The lowest BCUT2D eigenvalue weighted by atomic mass is 9.70. The Kier molecular flexibility index (Phi) is 7.28. The Morgan fingerprint density at radius 2 is 0.831 bits per heavy atom. The number of nitrogens with zero attached hydrogens (tertiary/aromatic N) is 4. The summed E-state index contributed by atoms with van der Waals surface area (Å²) < 4.78 is 4.39. The monoisotopic (exact) mass is 830 g/mol. The molecule has 2 aliphatic rings. The second kappa shape index (κ2) is 13.0. The molecule has 10 aromatic carbocycles. The maximum atomic E-state index is 4.86. The maximum absolute atomic E-state index is 4.86. The Morgan fingerprint density at radius 1 is 0.354 bits per heavy atom. The van der Waals surface area contributed by atoms with Crippen LogP contribution in [-0.2, 0) is 19.5 Å². The smallest absolute Gasteiger partial charge is 0.106 e. The van der Waals surface area contributed by atoms with E-state index < -0.39 is 5.41 Å². The van der Waals surface area contributed by atoms with Gasteiger partial charge < -0.3 is 9.13 Å². The van der Waals surface area contributed by atoms with Crippen molar-refractivity contribution in [3.05, 3.63) is 216 Å². The fourth-order valence-corrected chi connectivity index (χ4v) is 12.1. The number of aryl methyl sites for hydroxylation is 4. The number of fused-ring (bicyclic) bond motifs is 16. The van der Waals surface area contributed by atoms with Gasteiger partial charge in [-0.3, -0.25) is 0 Å². The zero-order chi connectivity index (χ0) is 43.3. The van der Waals surface area contributed by atoms with Crippen molar-refractivity contribution in [1.82, 2.24) is 19.1 Å². The molecule has 12 aromatic rings. The van der Waals surface area contributed by atoms with Crippen molar-refractivity contribution in [2.45, 2.75) is 19.3 Å². The number of rotatable bonds is 3. The van der Waals surface area contributed by atoms with Crippen LogP contribution in [0.25, 0.3) is 110 Å². The summed E-state index contributed by atoms with van der Waals surface area (Å²) >= 11 is 0. The topological polar surface area (TPSA) is 35.6 Å². The van der Waals surface area contributed by atoms with Gasteiger partial charge in [0.05, 0.1) is 27.5 Å². The highest BCUT2D eigenvalue weighted by molar-refractivity contribution is 6.21. The molecule has 4 heteroatoms. The van der Waals surface area contributed by atoms with Crippen molar-refractivity contribution in [3.8, 4) is 55.6 Å². The van der Waals surface area contributed by atoms with E-state index in [4.69, 9.17) is 9.97 Å². The third-order valence-corrected chi connectivity index (χ3v) is 15.1. The standard InChI is InChI=1S/C61H42N4/c1-35-62-54-30-27-38(32-56(54)64(35)3)40-18-11-20-43-48(40)34-49-41(39-28-31-55-57(33-39)65(4)36(2)63-55)19-12-21-44(49)58(43)47-22-13-25-52-60(47)46-17-8-10-24-51(46)61(52)50-23-9-7-16-45(50)59-42-15-6-5-14-37(42)26-29-53(59)61/h5-34H,1-4H3. The lowest BCUT2D eigenvalue weighted by Gasteiger charge is -2.30. The van der Waals surface area contributed by atoms with Gasteiger partial charge in [0.25, 0.3) is 0 Å². The molecule has 2 aliphatic carbocycles. The average Bonchev–Trinajstić information content (AvgIpc) is 4.03. The van der Waals surface area contributed by atoms with Crippen molar-refractivity contribution < 1.29 is 0 Å². The molecule has 1 unspecified atom stereocenters. The van der Waals surface area contributed by atoms with E-state index in [0.717, 1.165) is 33.7 Å². The van der Waals surface area contributed by atoms with Gasteiger partial charge in [-0.25, -0.2) is 9.97 Å². The summed E-state index contributed by atoms with van der Waals surface area (Å²) in [6.45, 7) is 4.15. The lowest BCUT2D eigenvalue weighted by molar-refractivity contribution is 0.794. The van der Waals surface area contributed by atoms with Crippen molar-refractivity contribution in [2.75, 3.05) is 0 Å². The van der Waals surface area contributed by atoms with Gasteiger partial charge in [0.1, 0.15) is 11.6 Å². The number of hydrogen-bond acceptors (Lipinski definition) is 2. The fraction of sp³-hybridized carbons (Fsp3) is 0.0820. The van der Waals surface area contributed by atoms with Gasteiger partial charge in [-0.15, -0.1) is 0 Å². The normalized spacial score (nSPS) is 14.8. The zero-order valence-corrected chi connectivity index (χ0v) is 36.6. The Hall–Kier alpha value is -8.08. The predicted octanol–water partition coefficient (Wildman–Crippen LogP) is 14.9. The molecule has 0 fully saturated rings. The van der Waals surface area contributed by atoms with Gasteiger partial charge in [-0.1, -0.05) is 152 Å². The van der Waals surface area contributed by atoms with Crippen molar-refractivity contribution in [2.24, 2.45) is 14.1 Å². The first-order chi connectivity index (χ1) is 31.9. The average molecular weight is 831 g/mol. The summed E-state index contributed by atoms with van der Waals surface area (Å²) in [7, 11) is 4.22. The molecule has 14 rings (SSSR count). The van der Waals surface area contributed by atoms with Gasteiger partial charge in [-0.05, 0) is 154 Å². The molecule has 0 saturated carbocycles. The summed E-state index contributed by atoms with van der Waals surface area (Å²) in [6.07, 6.45) is 0. The van der Waals surface area contributed by atoms with E-state index in [1.165, 1.54) is 110 Å². The van der Waals surface area contributed by atoms with Crippen molar-refractivity contribution in [1.29, 1.82) is 0 Å². The summed E-state index contributed by atoms with van der Waals surface area (Å²) in [5.74, 6) is 2.01. The highest BCUT2D eigenvalue weighted by Gasteiger charge is 2.52. The molecule has 2 heterocycles. The minimum Gasteiger partial charge on any atom is -0.331 e. The molecule has 0 saturated heterocycles. The number of benzene rings is 10. The van der Waals surface area contributed by atoms with Crippen LogP contribution in [-0.4, -0.2) is 19.1 Å². The highest BCUT2D eigenvalue weighted by atomic mass is 15.1. The van der Waals surface area contributed by atoms with E-state index in [9.17, 15) is 0 Å². The van der Waals surface area contributed by atoms with Crippen LogP contribution >= 0.6 is 0 Å². The molecule has 65 heavy (non-hydrogen) atoms. The first kappa shape index (κ1) is 36.4. The quantitative estimate of drug-likeness (QED) is 0.166. The van der Waals surface area contributed by atoms with Crippen LogP contribution in [0.1, 0.15) is 33.9 Å². The zero-order valence-electron chi connectivity index (χ0n) is 36.6. The Morgan fingerprint density at radius 3 is 1.46 bits per heavy atom. The Labute approximate surface area is 376 Å². The SMILES string of the molecule is Cc1nc2ccc(-c3cccc4c(-c5cccc6c5-c5ccccc5C65c6ccccc6-c6c5ccc5ccccc65)c5cccc(-c6ccc7nc(C)n(C)c7c6)c5cc34)cc2n1C.